The molecule has 128 valence electrons. The van der Waals surface area contributed by atoms with E-state index in [2.05, 4.69) is 4.72 Å². The Labute approximate surface area is 136 Å². The third kappa shape index (κ3) is 3.59. The maximum atomic E-state index is 12.7. The highest BCUT2D eigenvalue weighted by Crippen LogP contribution is 2.34. The van der Waals surface area contributed by atoms with Crippen LogP contribution in [0.15, 0.2) is 22.8 Å². The Bertz CT molecular complexity index is 644. The first-order valence-electron chi connectivity index (χ1n) is 8.07. The lowest BCUT2D eigenvalue weighted by atomic mass is 10.2. The average molecular weight is 341 g/mol. The summed E-state index contributed by atoms with van der Waals surface area (Å²) in [6, 6.07) is 3.02. The van der Waals surface area contributed by atoms with Crippen LogP contribution >= 0.6 is 0 Å². The van der Waals surface area contributed by atoms with Crippen molar-refractivity contribution in [1.29, 1.82) is 0 Å². The fraction of sp³-hybridized carbons (Fsp3) is 0.667. The summed E-state index contributed by atoms with van der Waals surface area (Å²) in [5, 5.41) is 0. The van der Waals surface area contributed by atoms with Crippen LogP contribution in [0.25, 0.3) is 0 Å². The molecule has 2 unspecified atom stereocenters. The summed E-state index contributed by atoms with van der Waals surface area (Å²) in [6.07, 6.45) is 4.54. The number of carbonyl (C=O) groups is 1. The molecule has 0 saturated carbocycles. The van der Waals surface area contributed by atoms with Gasteiger partial charge in [-0.3, -0.25) is 4.79 Å². The lowest BCUT2D eigenvalue weighted by Crippen LogP contribution is -2.48. The molecule has 0 bridgehead atoms. The van der Waals surface area contributed by atoms with Crippen molar-refractivity contribution in [2.75, 3.05) is 19.6 Å². The molecule has 1 aromatic heterocycles. The first kappa shape index (κ1) is 16.5. The summed E-state index contributed by atoms with van der Waals surface area (Å²) in [7, 11) is -3.61. The van der Waals surface area contributed by atoms with Crippen LogP contribution in [0.3, 0.4) is 0 Å². The zero-order valence-electron chi connectivity index (χ0n) is 13.3. The first-order valence-corrected chi connectivity index (χ1v) is 9.51. The second-order valence-corrected chi connectivity index (χ2v) is 7.91. The molecule has 1 aromatic rings. The van der Waals surface area contributed by atoms with Gasteiger partial charge in [-0.05, 0) is 38.3 Å². The van der Waals surface area contributed by atoms with E-state index >= 15 is 0 Å². The van der Waals surface area contributed by atoms with E-state index in [0.29, 0.717) is 31.8 Å². The van der Waals surface area contributed by atoms with Gasteiger partial charge in [0, 0.05) is 32.1 Å². The molecule has 1 N–H and O–H groups in total. The van der Waals surface area contributed by atoms with E-state index < -0.39 is 10.2 Å². The molecule has 8 heteroatoms. The number of furan rings is 1. The largest absolute Gasteiger partial charge is 0.468 e. The van der Waals surface area contributed by atoms with Crippen LogP contribution in [-0.4, -0.2) is 49.2 Å². The third-order valence-corrected chi connectivity index (χ3v) is 6.15. The molecule has 0 radical (unpaired) electrons. The van der Waals surface area contributed by atoms with Crippen molar-refractivity contribution >= 4 is 16.1 Å². The number of hydrogen-bond donors (Lipinski definition) is 1. The molecule has 23 heavy (non-hydrogen) atoms. The third-order valence-electron chi connectivity index (χ3n) is 4.40. The predicted octanol–water partition coefficient (Wildman–Crippen LogP) is 1.26. The van der Waals surface area contributed by atoms with Crippen molar-refractivity contribution in [3.8, 4) is 0 Å². The quantitative estimate of drug-likeness (QED) is 0.844. The van der Waals surface area contributed by atoms with Crippen molar-refractivity contribution in [2.24, 2.45) is 0 Å². The van der Waals surface area contributed by atoms with Gasteiger partial charge in [0.2, 0.25) is 5.91 Å². The van der Waals surface area contributed by atoms with Crippen molar-refractivity contribution in [3.05, 3.63) is 24.2 Å². The summed E-state index contributed by atoms with van der Waals surface area (Å²) < 4.78 is 34.9. The number of rotatable bonds is 6. The molecule has 0 aromatic carbocycles. The minimum atomic E-state index is -3.61. The zero-order chi connectivity index (χ0) is 16.4. The zero-order valence-corrected chi connectivity index (χ0v) is 14.1. The topological polar surface area (TPSA) is 82.9 Å². The Morgan fingerprint density at radius 3 is 2.87 bits per heavy atom. The SMILES string of the molecule is CC(CN1CCCC1=O)NS(=O)(=O)N1CCCC1c1ccco1. The number of nitrogens with zero attached hydrogens (tertiary/aromatic N) is 2. The summed E-state index contributed by atoms with van der Waals surface area (Å²) in [5.41, 5.74) is 0. The molecular formula is C15H23N3O4S. The van der Waals surface area contributed by atoms with Gasteiger partial charge in [0.25, 0.3) is 10.2 Å². The van der Waals surface area contributed by atoms with E-state index in [4.69, 9.17) is 4.42 Å². The second-order valence-electron chi connectivity index (χ2n) is 6.25. The fourth-order valence-electron chi connectivity index (χ4n) is 3.38. The van der Waals surface area contributed by atoms with Gasteiger partial charge in [0.05, 0.1) is 12.3 Å². The smallest absolute Gasteiger partial charge is 0.280 e. The van der Waals surface area contributed by atoms with E-state index in [1.54, 1.807) is 24.2 Å². The summed E-state index contributed by atoms with van der Waals surface area (Å²) in [5.74, 6) is 0.779. The number of likely N-dealkylation sites (tertiary alicyclic amines) is 1. The summed E-state index contributed by atoms with van der Waals surface area (Å²) >= 11 is 0. The molecule has 7 nitrogen and oxygen atoms in total. The second kappa shape index (κ2) is 6.62. The van der Waals surface area contributed by atoms with Gasteiger partial charge >= 0.3 is 0 Å². The van der Waals surface area contributed by atoms with Crippen LogP contribution in [0.5, 0.6) is 0 Å². The molecule has 3 heterocycles. The molecular weight excluding hydrogens is 318 g/mol. The lowest BCUT2D eigenvalue weighted by Gasteiger charge is -2.27. The lowest BCUT2D eigenvalue weighted by molar-refractivity contribution is -0.127. The number of amides is 1. The highest BCUT2D eigenvalue weighted by Gasteiger charge is 2.37. The highest BCUT2D eigenvalue weighted by atomic mass is 32.2. The van der Waals surface area contributed by atoms with Crippen LogP contribution in [0.4, 0.5) is 0 Å². The summed E-state index contributed by atoms with van der Waals surface area (Å²) in [6.45, 7) is 3.40. The van der Waals surface area contributed by atoms with Crippen LogP contribution in [0.2, 0.25) is 0 Å². The van der Waals surface area contributed by atoms with Crippen LogP contribution in [0.1, 0.15) is 44.4 Å². The van der Waals surface area contributed by atoms with Crippen LogP contribution in [0, 0.1) is 0 Å². The van der Waals surface area contributed by atoms with Gasteiger partial charge in [-0.25, -0.2) is 0 Å². The van der Waals surface area contributed by atoms with Gasteiger partial charge < -0.3 is 9.32 Å². The number of carbonyl (C=O) groups excluding carboxylic acids is 1. The molecule has 2 saturated heterocycles. The maximum Gasteiger partial charge on any atom is 0.280 e. The maximum absolute atomic E-state index is 12.7. The predicted molar refractivity (Wildman–Crippen MR) is 84.7 cm³/mol. The Morgan fingerprint density at radius 1 is 1.39 bits per heavy atom. The average Bonchev–Trinajstić information content (AvgIpc) is 3.19. The normalized spacial score (nSPS) is 24.5. The Morgan fingerprint density at radius 2 is 2.22 bits per heavy atom. The number of hydrogen-bond acceptors (Lipinski definition) is 4. The Hall–Kier alpha value is -1.38. The van der Waals surface area contributed by atoms with Gasteiger partial charge in [-0.1, -0.05) is 0 Å². The van der Waals surface area contributed by atoms with E-state index in [0.717, 1.165) is 19.3 Å². The summed E-state index contributed by atoms with van der Waals surface area (Å²) in [4.78, 5) is 13.4. The molecule has 3 rings (SSSR count). The van der Waals surface area contributed by atoms with E-state index in [9.17, 15) is 13.2 Å². The van der Waals surface area contributed by atoms with Crippen molar-refractivity contribution < 1.29 is 17.6 Å². The van der Waals surface area contributed by atoms with Crippen molar-refractivity contribution in [3.63, 3.8) is 0 Å². The van der Waals surface area contributed by atoms with Gasteiger partial charge in [0.1, 0.15) is 5.76 Å². The molecule has 2 aliphatic rings. The molecule has 0 aliphatic carbocycles. The van der Waals surface area contributed by atoms with E-state index in [1.807, 2.05) is 6.07 Å². The van der Waals surface area contributed by atoms with E-state index in [1.165, 1.54) is 4.31 Å². The standard InChI is InChI=1S/C15H23N3O4S/c1-12(11-17-8-3-7-15(17)19)16-23(20,21)18-9-2-5-13(18)14-6-4-10-22-14/h4,6,10,12-13,16H,2-3,5,7-9,11H2,1H3. The Balaban J connectivity index is 1.65. The van der Waals surface area contributed by atoms with Gasteiger partial charge in [-0.15, -0.1) is 0 Å². The molecule has 2 aliphatic heterocycles. The Kier molecular flexibility index (Phi) is 4.74. The highest BCUT2D eigenvalue weighted by molar-refractivity contribution is 7.87. The first-order chi connectivity index (χ1) is 11.0. The van der Waals surface area contributed by atoms with Crippen LogP contribution in [-0.2, 0) is 15.0 Å². The molecule has 2 atom stereocenters. The van der Waals surface area contributed by atoms with Crippen molar-refractivity contribution in [1.82, 2.24) is 13.9 Å². The minimum Gasteiger partial charge on any atom is -0.468 e. The monoisotopic (exact) mass is 341 g/mol. The fourth-order valence-corrected chi connectivity index (χ4v) is 5.01. The van der Waals surface area contributed by atoms with E-state index in [-0.39, 0.29) is 18.0 Å². The van der Waals surface area contributed by atoms with Crippen molar-refractivity contribution in [2.45, 2.75) is 44.7 Å². The molecule has 1 amide bonds. The van der Waals surface area contributed by atoms with Gasteiger partial charge in [-0.2, -0.15) is 17.4 Å². The van der Waals surface area contributed by atoms with Gasteiger partial charge in [0.15, 0.2) is 0 Å². The number of nitrogens with one attached hydrogen (secondary N) is 1. The minimum absolute atomic E-state index is 0.102. The molecule has 2 fully saturated rings. The molecule has 0 spiro atoms. The van der Waals surface area contributed by atoms with Crippen LogP contribution < -0.4 is 4.72 Å².